The Balaban J connectivity index is 2.08. The molecule has 0 saturated carbocycles. The van der Waals surface area contributed by atoms with E-state index in [-0.39, 0.29) is 5.91 Å². The first kappa shape index (κ1) is 21.0. The number of amides is 1. The van der Waals surface area contributed by atoms with E-state index in [4.69, 9.17) is 14.2 Å². The average molecular weight is 386 g/mol. The number of methoxy groups -OCH3 is 3. The number of carbonyl (C=O) groups is 1. The van der Waals surface area contributed by atoms with Gasteiger partial charge in [-0.15, -0.1) is 0 Å². The topological polar surface area (TPSA) is 85.8 Å². The third-order valence-electron chi connectivity index (χ3n) is 3.85. The SMILES string of the molecule is COc1cc(/C=C/C(=O)NCc2cc(C)nc(N(C)C)n2)cc(OC)c1OC. The van der Waals surface area contributed by atoms with E-state index in [2.05, 4.69) is 15.3 Å². The van der Waals surface area contributed by atoms with Crippen molar-refractivity contribution in [2.45, 2.75) is 13.5 Å². The van der Waals surface area contributed by atoms with Crippen molar-refractivity contribution in [2.24, 2.45) is 0 Å². The number of rotatable bonds is 8. The molecule has 150 valence electrons. The monoisotopic (exact) mass is 386 g/mol. The van der Waals surface area contributed by atoms with E-state index in [0.29, 0.717) is 29.7 Å². The Morgan fingerprint density at radius 1 is 1.07 bits per heavy atom. The molecule has 8 nitrogen and oxygen atoms in total. The fourth-order valence-corrected chi connectivity index (χ4v) is 2.51. The van der Waals surface area contributed by atoms with E-state index in [0.717, 1.165) is 17.0 Å². The molecule has 1 aromatic carbocycles. The van der Waals surface area contributed by atoms with Crippen LogP contribution < -0.4 is 24.4 Å². The van der Waals surface area contributed by atoms with Gasteiger partial charge in [-0.25, -0.2) is 9.97 Å². The van der Waals surface area contributed by atoms with Gasteiger partial charge in [0.1, 0.15) is 0 Å². The summed E-state index contributed by atoms with van der Waals surface area (Å²) in [6, 6.07) is 5.38. The van der Waals surface area contributed by atoms with Crippen molar-refractivity contribution < 1.29 is 19.0 Å². The summed E-state index contributed by atoms with van der Waals surface area (Å²) in [7, 11) is 8.38. The molecule has 0 bridgehead atoms. The summed E-state index contributed by atoms with van der Waals surface area (Å²) in [5.74, 6) is 1.92. The van der Waals surface area contributed by atoms with Gasteiger partial charge in [-0.3, -0.25) is 4.79 Å². The van der Waals surface area contributed by atoms with Gasteiger partial charge in [0.25, 0.3) is 0 Å². The first-order valence-corrected chi connectivity index (χ1v) is 8.65. The van der Waals surface area contributed by atoms with Crippen LogP contribution in [-0.2, 0) is 11.3 Å². The number of hydrogen-bond donors (Lipinski definition) is 1. The number of hydrogen-bond acceptors (Lipinski definition) is 7. The Labute approximate surface area is 165 Å². The van der Waals surface area contributed by atoms with Crippen molar-refractivity contribution in [2.75, 3.05) is 40.3 Å². The second-order valence-corrected chi connectivity index (χ2v) is 6.20. The van der Waals surface area contributed by atoms with Crippen LogP contribution in [0.25, 0.3) is 6.08 Å². The van der Waals surface area contributed by atoms with Crippen LogP contribution in [0.1, 0.15) is 17.0 Å². The van der Waals surface area contributed by atoms with Crippen LogP contribution in [0.5, 0.6) is 17.2 Å². The number of aryl methyl sites for hydroxylation is 1. The van der Waals surface area contributed by atoms with Crippen molar-refractivity contribution in [3.05, 3.63) is 41.2 Å². The molecule has 0 atom stereocenters. The van der Waals surface area contributed by atoms with Gasteiger partial charge in [0.15, 0.2) is 11.5 Å². The van der Waals surface area contributed by atoms with E-state index < -0.39 is 0 Å². The predicted molar refractivity (Wildman–Crippen MR) is 108 cm³/mol. The zero-order chi connectivity index (χ0) is 20.7. The van der Waals surface area contributed by atoms with Crippen LogP contribution in [0.4, 0.5) is 5.95 Å². The fraction of sp³-hybridized carbons (Fsp3) is 0.350. The molecule has 8 heteroatoms. The molecule has 0 fully saturated rings. The number of nitrogens with one attached hydrogen (secondary N) is 1. The summed E-state index contributed by atoms with van der Waals surface area (Å²) in [6.45, 7) is 2.20. The molecule has 0 saturated heterocycles. The second-order valence-electron chi connectivity index (χ2n) is 6.20. The molecule has 1 N–H and O–H groups in total. The molecule has 0 radical (unpaired) electrons. The minimum atomic E-state index is -0.239. The lowest BCUT2D eigenvalue weighted by Crippen LogP contribution is -2.22. The lowest BCUT2D eigenvalue weighted by molar-refractivity contribution is -0.116. The highest BCUT2D eigenvalue weighted by atomic mass is 16.5. The van der Waals surface area contributed by atoms with E-state index in [1.54, 1.807) is 39.5 Å². The maximum atomic E-state index is 12.2. The molecule has 2 aromatic rings. The van der Waals surface area contributed by atoms with E-state index in [9.17, 15) is 4.79 Å². The summed E-state index contributed by atoms with van der Waals surface area (Å²) in [4.78, 5) is 22.8. The largest absolute Gasteiger partial charge is 0.493 e. The highest BCUT2D eigenvalue weighted by molar-refractivity contribution is 5.91. The highest BCUT2D eigenvalue weighted by Crippen LogP contribution is 2.38. The molecule has 2 rings (SSSR count). The molecule has 0 spiro atoms. The Kier molecular flexibility index (Phi) is 7.20. The number of nitrogens with zero attached hydrogens (tertiary/aromatic N) is 3. The molecule has 0 aliphatic heterocycles. The minimum absolute atomic E-state index is 0.239. The van der Waals surface area contributed by atoms with Crippen molar-refractivity contribution in [1.29, 1.82) is 0 Å². The summed E-state index contributed by atoms with van der Waals surface area (Å²) < 4.78 is 15.9. The quantitative estimate of drug-likeness (QED) is 0.696. The lowest BCUT2D eigenvalue weighted by atomic mass is 10.1. The van der Waals surface area contributed by atoms with Gasteiger partial charge in [-0.1, -0.05) is 0 Å². The zero-order valence-electron chi connectivity index (χ0n) is 17.1. The molecule has 0 unspecified atom stereocenters. The number of carbonyl (C=O) groups excluding carboxylic acids is 1. The van der Waals surface area contributed by atoms with Gasteiger partial charge in [-0.2, -0.15) is 0 Å². The number of aromatic nitrogens is 2. The summed E-state index contributed by atoms with van der Waals surface area (Å²) in [6.07, 6.45) is 3.12. The standard InChI is InChI=1S/C20H26N4O4/c1-13-9-15(23-20(22-13)24(2)3)12-21-18(25)8-7-14-10-16(26-4)19(28-6)17(11-14)27-5/h7-11H,12H2,1-6H3,(H,21,25)/b8-7+. The lowest BCUT2D eigenvalue weighted by Gasteiger charge is -2.13. The Morgan fingerprint density at radius 3 is 2.25 bits per heavy atom. The van der Waals surface area contributed by atoms with Crippen molar-refractivity contribution in [3.63, 3.8) is 0 Å². The molecular formula is C20H26N4O4. The maximum Gasteiger partial charge on any atom is 0.244 e. The van der Waals surface area contributed by atoms with E-state index >= 15 is 0 Å². The predicted octanol–water partition coefficient (Wildman–Crippen LogP) is 2.21. The van der Waals surface area contributed by atoms with Crippen molar-refractivity contribution in [1.82, 2.24) is 15.3 Å². The number of benzene rings is 1. The Hall–Kier alpha value is -3.29. The molecule has 28 heavy (non-hydrogen) atoms. The van der Waals surface area contributed by atoms with Crippen LogP contribution in [-0.4, -0.2) is 51.3 Å². The van der Waals surface area contributed by atoms with Gasteiger partial charge in [0, 0.05) is 25.9 Å². The van der Waals surface area contributed by atoms with Crippen LogP contribution >= 0.6 is 0 Å². The molecule has 1 aromatic heterocycles. The molecular weight excluding hydrogens is 360 g/mol. The van der Waals surface area contributed by atoms with Crippen LogP contribution in [0.15, 0.2) is 24.3 Å². The molecule has 1 amide bonds. The van der Waals surface area contributed by atoms with Crippen molar-refractivity contribution >= 4 is 17.9 Å². The average Bonchev–Trinajstić information content (AvgIpc) is 2.69. The molecule has 1 heterocycles. The van der Waals surface area contributed by atoms with Crippen LogP contribution in [0, 0.1) is 6.92 Å². The van der Waals surface area contributed by atoms with Crippen LogP contribution in [0.2, 0.25) is 0 Å². The van der Waals surface area contributed by atoms with E-state index in [1.165, 1.54) is 6.08 Å². The van der Waals surface area contributed by atoms with Gasteiger partial charge in [0.2, 0.25) is 17.6 Å². The van der Waals surface area contributed by atoms with Gasteiger partial charge in [-0.05, 0) is 36.8 Å². The summed E-state index contributed by atoms with van der Waals surface area (Å²) in [5.41, 5.74) is 2.33. The number of ether oxygens (including phenoxy) is 3. The second kappa shape index (κ2) is 9.59. The molecule has 0 aliphatic rings. The van der Waals surface area contributed by atoms with Gasteiger partial charge < -0.3 is 24.4 Å². The van der Waals surface area contributed by atoms with Crippen LogP contribution in [0.3, 0.4) is 0 Å². The normalized spacial score (nSPS) is 10.6. The third kappa shape index (κ3) is 5.35. The summed E-state index contributed by atoms with van der Waals surface area (Å²) in [5, 5.41) is 2.82. The van der Waals surface area contributed by atoms with Gasteiger partial charge in [0.05, 0.1) is 33.6 Å². The first-order chi connectivity index (χ1) is 13.4. The Bertz CT molecular complexity index is 840. The van der Waals surface area contributed by atoms with E-state index in [1.807, 2.05) is 32.0 Å². The minimum Gasteiger partial charge on any atom is -0.493 e. The maximum absolute atomic E-state index is 12.2. The van der Waals surface area contributed by atoms with Gasteiger partial charge >= 0.3 is 0 Å². The smallest absolute Gasteiger partial charge is 0.244 e. The summed E-state index contributed by atoms with van der Waals surface area (Å²) >= 11 is 0. The molecule has 0 aliphatic carbocycles. The fourth-order valence-electron chi connectivity index (χ4n) is 2.51. The zero-order valence-corrected chi connectivity index (χ0v) is 17.1. The first-order valence-electron chi connectivity index (χ1n) is 8.65. The highest BCUT2D eigenvalue weighted by Gasteiger charge is 2.12. The van der Waals surface area contributed by atoms with Crippen molar-refractivity contribution in [3.8, 4) is 17.2 Å². The Morgan fingerprint density at radius 2 is 1.71 bits per heavy atom. The number of anilines is 1. The third-order valence-corrected chi connectivity index (χ3v) is 3.85.